The fourth-order valence-corrected chi connectivity index (χ4v) is 8.32. The molecule has 3 aromatic heterocycles. The Morgan fingerprint density at radius 3 is 1.67 bits per heavy atom. The van der Waals surface area contributed by atoms with Crippen molar-refractivity contribution in [2.24, 2.45) is 0 Å². The van der Waals surface area contributed by atoms with Crippen molar-refractivity contribution >= 4 is 53.2 Å². The molecule has 4 heteroatoms. The minimum absolute atomic E-state index is 0.698. The Balaban J connectivity index is 1.21. The van der Waals surface area contributed by atoms with E-state index in [1.165, 1.54) is 36.7 Å². The van der Waals surface area contributed by atoms with E-state index in [0.29, 0.717) is 5.82 Å². The quantitative estimate of drug-likeness (QED) is 0.171. The summed E-state index contributed by atoms with van der Waals surface area (Å²) in [5.41, 5.74) is 10.2. The normalized spacial score (nSPS) is 11.5. The number of hydrogen-bond donors (Lipinski definition) is 0. The van der Waals surface area contributed by atoms with Crippen molar-refractivity contribution in [2.75, 3.05) is 0 Å². The van der Waals surface area contributed by atoms with Crippen LogP contribution < -0.4 is 0 Å². The van der Waals surface area contributed by atoms with Crippen LogP contribution in [0.5, 0.6) is 0 Å². The molecule has 0 fully saturated rings. The van der Waals surface area contributed by atoms with E-state index in [9.17, 15) is 0 Å². The molecule has 0 saturated heterocycles. The predicted octanol–water partition coefficient (Wildman–Crippen LogP) is 12.9. The van der Waals surface area contributed by atoms with E-state index in [1.54, 1.807) is 0 Å². The summed E-state index contributed by atoms with van der Waals surface area (Å²) in [7, 11) is 0. The highest BCUT2D eigenvalue weighted by Gasteiger charge is 2.18. The lowest BCUT2D eigenvalue weighted by molar-refractivity contribution is 1.18. The summed E-state index contributed by atoms with van der Waals surface area (Å²) in [4.78, 5) is 15.6. The molecular formula is C47H29N3S. The molecule has 51 heavy (non-hydrogen) atoms. The van der Waals surface area contributed by atoms with Gasteiger partial charge in [-0.05, 0) is 41.5 Å². The first kappa shape index (κ1) is 29.4. The van der Waals surface area contributed by atoms with E-state index in [-0.39, 0.29) is 0 Å². The molecule has 0 N–H and O–H groups in total. The van der Waals surface area contributed by atoms with Crippen molar-refractivity contribution in [1.29, 1.82) is 0 Å². The predicted molar refractivity (Wildman–Crippen MR) is 215 cm³/mol. The molecule has 0 bridgehead atoms. The first-order valence-electron chi connectivity index (χ1n) is 17.1. The number of nitrogens with zero attached hydrogens (tertiary/aromatic N) is 3. The van der Waals surface area contributed by atoms with Crippen LogP contribution in [0.2, 0.25) is 0 Å². The second-order valence-electron chi connectivity index (χ2n) is 12.8. The summed E-state index contributed by atoms with van der Waals surface area (Å²) in [6.07, 6.45) is 0. The lowest BCUT2D eigenvalue weighted by atomic mass is 9.95. The van der Waals surface area contributed by atoms with Gasteiger partial charge in [-0.25, -0.2) is 15.0 Å². The fourth-order valence-electron chi connectivity index (χ4n) is 7.21. The number of hydrogen-bond acceptors (Lipinski definition) is 4. The van der Waals surface area contributed by atoms with E-state index >= 15 is 0 Å². The molecule has 0 radical (unpaired) electrons. The molecule has 0 atom stereocenters. The molecule has 3 nitrogen and oxygen atoms in total. The van der Waals surface area contributed by atoms with Gasteiger partial charge in [0.1, 0.15) is 0 Å². The monoisotopic (exact) mass is 667 g/mol. The zero-order valence-corrected chi connectivity index (χ0v) is 28.3. The summed E-state index contributed by atoms with van der Waals surface area (Å²) < 4.78 is 2.56. The average molecular weight is 668 g/mol. The molecule has 0 spiro atoms. The summed E-state index contributed by atoms with van der Waals surface area (Å²) in [6.45, 7) is 0. The Labute approximate surface area is 299 Å². The lowest BCUT2D eigenvalue weighted by Crippen LogP contribution is -1.96. The van der Waals surface area contributed by atoms with Crippen molar-refractivity contribution in [2.45, 2.75) is 0 Å². The summed E-state index contributed by atoms with van der Waals surface area (Å²) in [6, 6.07) is 61.8. The third-order valence-corrected chi connectivity index (χ3v) is 10.8. The van der Waals surface area contributed by atoms with Gasteiger partial charge < -0.3 is 0 Å². The van der Waals surface area contributed by atoms with Crippen molar-refractivity contribution in [3.63, 3.8) is 0 Å². The van der Waals surface area contributed by atoms with E-state index in [2.05, 4.69) is 152 Å². The second-order valence-corrected chi connectivity index (χ2v) is 13.9. The summed E-state index contributed by atoms with van der Waals surface area (Å²) in [5.74, 6) is 0.698. The van der Waals surface area contributed by atoms with Gasteiger partial charge in [0, 0.05) is 58.6 Å². The Bertz CT molecular complexity index is 2880. The number of benzene rings is 7. The van der Waals surface area contributed by atoms with Gasteiger partial charge in [-0.1, -0.05) is 146 Å². The molecule has 7 aromatic carbocycles. The number of thiophene rings is 1. The summed E-state index contributed by atoms with van der Waals surface area (Å²) >= 11 is 1.84. The van der Waals surface area contributed by atoms with Gasteiger partial charge in [0.2, 0.25) is 0 Å². The SMILES string of the molecule is c1ccc(-c2ccc(-c3cc(-c4ccc5nc(-c6ccccc6)c6ccc7sc8ccccc8c7c6c5c4)nc(-c4ccccc4)n3)cc2)cc1. The Kier molecular flexibility index (Phi) is 7.00. The Morgan fingerprint density at radius 1 is 0.333 bits per heavy atom. The van der Waals surface area contributed by atoms with Gasteiger partial charge >= 0.3 is 0 Å². The molecule has 0 saturated carbocycles. The van der Waals surface area contributed by atoms with Crippen LogP contribution in [0.3, 0.4) is 0 Å². The lowest BCUT2D eigenvalue weighted by Gasteiger charge is -2.14. The summed E-state index contributed by atoms with van der Waals surface area (Å²) in [5, 5.41) is 6.04. The molecule has 0 aliphatic carbocycles. The van der Waals surface area contributed by atoms with Crippen molar-refractivity contribution < 1.29 is 0 Å². The van der Waals surface area contributed by atoms with Crippen LogP contribution in [-0.4, -0.2) is 15.0 Å². The van der Waals surface area contributed by atoms with E-state index in [0.717, 1.165) is 55.6 Å². The third kappa shape index (κ3) is 5.16. The first-order chi connectivity index (χ1) is 25.3. The topological polar surface area (TPSA) is 38.7 Å². The van der Waals surface area contributed by atoms with Crippen LogP contribution in [0.4, 0.5) is 0 Å². The maximum atomic E-state index is 5.31. The minimum atomic E-state index is 0.698. The minimum Gasteiger partial charge on any atom is -0.247 e. The molecule has 238 valence electrons. The number of rotatable bonds is 5. The highest BCUT2D eigenvalue weighted by molar-refractivity contribution is 7.26. The van der Waals surface area contributed by atoms with E-state index < -0.39 is 0 Å². The van der Waals surface area contributed by atoms with Crippen LogP contribution in [-0.2, 0) is 0 Å². The van der Waals surface area contributed by atoms with Gasteiger partial charge in [0.05, 0.1) is 22.6 Å². The van der Waals surface area contributed by atoms with Gasteiger partial charge in [-0.15, -0.1) is 11.3 Å². The smallest absolute Gasteiger partial charge is 0.160 e. The van der Waals surface area contributed by atoms with E-state index in [1.807, 2.05) is 35.6 Å². The molecular weight excluding hydrogens is 639 g/mol. The molecule has 0 aliphatic heterocycles. The Hall–Kier alpha value is -6.49. The average Bonchev–Trinajstić information content (AvgIpc) is 3.60. The molecule has 0 amide bonds. The van der Waals surface area contributed by atoms with Gasteiger partial charge in [-0.3, -0.25) is 0 Å². The van der Waals surface area contributed by atoms with Crippen LogP contribution in [0.15, 0.2) is 176 Å². The first-order valence-corrected chi connectivity index (χ1v) is 17.9. The molecule has 0 aliphatic rings. The second kappa shape index (κ2) is 12.1. The van der Waals surface area contributed by atoms with Crippen molar-refractivity contribution in [3.8, 4) is 56.3 Å². The number of aromatic nitrogens is 3. The van der Waals surface area contributed by atoms with Gasteiger partial charge in [0.15, 0.2) is 5.82 Å². The van der Waals surface area contributed by atoms with Crippen LogP contribution >= 0.6 is 11.3 Å². The van der Waals surface area contributed by atoms with Crippen molar-refractivity contribution in [3.05, 3.63) is 176 Å². The third-order valence-electron chi connectivity index (χ3n) is 9.69. The molecule has 0 unspecified atom stereocenters. The Morgan fingerprint density at radius 2 is 0.922 bits per heavy atom. The zero-order chi connectivity index (χ0) is 33.7. The largest absolute Gasteiger partial charge is 0.247 e. The number of pyridine rings is 1. The fraction of sp³-hybridized carbons (Fsp3) is 0. The van der Waals surface area contributed by atoms with Crippen molar-refractivity contribution in [1.82, 2.24) is 15.0 Å². The molecule has 10 rings (SSSR count). The molecule has 3 heterocycles. The highest BCUT2D eigenvalue weighted by atomic mass is 32.1. The number of fused-ring (bicyclic) bond motifs is 7. The standard InChI is InChI=1S/C47H29N3S/c1-4-12-30(13-5-1)31-20-22-32(23-21-31)40-29-41(50-47(49-40)34-16-8-3-9-17-34)35-24-26-39-38(28-35)44-37(46(48-39)33-14-6-2-7-15-33)25-27-43-45(44)36-18-10-11-19-42(36)51-43/h1-29H. The van der Waals surface area contributed by atoms with Gasteiger partial charge in [0.25, 0.3) is 0 Å². The van der Waals surface area contributed by atoms with E-state index in [4.69, 9.17) is 15.0 Å². The van der Waals surface area contributed by atoms with Crippen LogP contribution in [0, 0.1) is 0 Å². The zero-order valence-electron chi connectivity index (χ0n) is 27.5. The maximum Gasteiger partial charge on any atom is 0.160 e. The van der Waals surface area contributed by atoms with Gasteiger partial charge in [-0.2, -0.15) is 0 Å². The van der Waals surface area contributed by atoms with Crippen LogP contribution in [0.1, 0.15) is 0 Å². The maximum absolute atomic E-state index is 5.31. The molecule has 10 aromatic rings. The highest BCUT2D eigenvalue weighted by Crippen LogP contribution is 2.44. The van der Waals surface area contributed by atoms with Crippen LogP contribution in [0.25, 0.3) is 98.1 Å².